The average molecular weight is 281 g/mol. The maximum atomic E-state index is 14.1. The molecule has 0 aliphatic carbocycles. The van der Waals surface area contributed by atoms with Crippen LogP contribution in [0, 0.1) is 5.82 Å². The number of ether oxygens (including phenoxy) is 1. The van der Waals surface area contributed by atoms with Gasteiger partial charge in [0.25, 0.3) is 0 Å². The summed E-state index contributed by atoms with van der Waals surface area (Å²) in [6.45, 7) is 5.89. The first-order valence-corrected chi connectivity index (χ1v) is 6.70. The molecule has 5 heteroatoms. The zero-order valence-corrected chi connectivity index (χ0v) is 12.1. The lowest BCUT2D eigenvalue weighted by Gasteiger charge is -2.23. The molecule has 4 nitrogen and oxygen atoms in total. The molecule has 0 bridgehead atoms. The summed E-state index contributed by atoms with van der Waals surface area (Å²) in [6.07, 6.45) is 0.771. The molecule has 0 N–H and O–H groups in total. The van der Waals surface area contributed by atoms with Crippen molar-refractivity contribution in [3.63, 3.8) is 0 Å². The first kappa shape index (κ1) is 16.1. The molecular formula is C15H20FNO3. The highest BCUT2D eigenvalue weighted by Gasteiger charge is 2.16. The van der Waals surface area contributed by atoms with Gasteiger partial charge in [-0.15, -0.1) is 0 Å². The monoisotopic (exact) mass is 281 g/mol. The van der Waals surface area contributed by atoms with E-state index in [0.29, 0.717) is 24.4 Å². The molecule has 0 aromatic heterocycles. The first-order valence-electron chi connectivity index (χ1n) is 6.70. The van der Waals surface area contributed by atoms with E-state index < -0.39 is 11.8 Å². The predicted octanol–water partition coefficient (Wildman–Crippen LogP) is 2.81. The molecule has 0 saturated carbocycles. The Hall–Kier alpha value is -1.91. The standard InChI is InChI=1S/C15H20FNO3/c1-4-8-17(10-15(19)20-5-2)14-7-6-12(11(3)18)9-13(14)16/h6-7,9H,4-5,8,10H2,1-3H3. The van der Waals surface area contributed by atoms with E-state index in [-0.39, 0.29) is 12.3 Å². The second-order valence-electron chi connectivity index (χ2n) is 4.45. The van der Waals surface area contributed by atoms with Crippen LogP contribution in [0.1, 0.15) is 37.6 Å². The molecule has 0 fully saturated rings. The van der Waals surface area contributed by atoms with Crippen molar-refractivity contribution in [3.05, 3.63) is 29.6 Å². The van der Waals surface area contributed by atoms with Crippen LogP contribution in [-0.2, 0) is 9.53 Å². The van der Waals surface area contributed by atoms with Crippen LogP contribution in [-0.4, -0.2) is 31.4 Å². The Morgan fingerprint density at radius 3 is 2.50 bits per heavy atom. The van der Waals surface area contributed by atoms with Gasteiger partial charge in [-0.05, 0) is 38.5 Å². The number of ketones is 1. The molecule has 0 unspecified atom stereocenters. The summed E-state index contributed by atoms with van der Waals surface area (Å²) in [5, 5.41) is 0. The predicted molar refractivity (Wildman–Crippen MR) is 75.5 cm³/mol. The zero-order valence-electron chi connectivity index (χ0n) is 12.1. The van der Waals surface area contributed by atoms with Crippen LogP contribution < -0.4 is 4.90 Å². The van der Waals surface area contributed by atoms with E-state index in [0.717, 1.165) is 6.42 Å². The SMILES string of the molecule is CCCN(CC(=O)OCC)c1ccc(C(C)=O)cc1F. The van der Waals surface area contributed by atoms with Crippen molar-refractivity contribution >= 4 is 17.4 Å². The van der Waals surface area contributed by atoms with Crippen molar-refractivity contribution in [2.24, 2.45) is 0 Å². The molecular weight excluding hydrogens is 261 g/mol. The summed E-state index contributed by atoms with van der Waals surface area (Å²) < 4.78 is 19.0. The van der Waals surface area contributed by atoms with Gasteiger partial charge in [-0.3, -0.25) is 9.59 Å². The minimum absolute atomic E-state index is 0.00197. The largest absolute Gasteiger partial charge is 0.465 e. The molecule has 0 amide bonds. The maximum Gasteiger partial charge on any atom is 0.325 e. The van der Waals surface area contributed by atoms with Gasteiger partial charge in [0, 0.05) is 12.1 Å². The van der Waals surface area contributed by atoms with Gasteiger partial charge in [0.05, 0.1) is 12.3 Å². The second kappa shape index (κ2) is 7.62. The number of carbonyl (C=O) groups is 2. The fourth-order valence-corrected chi connectivity index (χ4v) is 1.90. The average Bonchev–Trinajstić information content (AvgIpc) is 2.38. The van der Waals surface area contributed by atoms with Crippen molar-refractivity contribution < 1.29 is 18.7 Å². The Kier molecular flexibility index (Phi) is 6.15. The molecule has 0 atom stereocenters. The van der Waals surface area contributed by atoms with E-state index in [9.17, 15) is 14.0 Å². The maximum absolute atomic E-state index is 14.1. The number of hydrogen-bond acceptors (Lipinski definition) is 4. The molecule has 1 aromatic carbocycles. The Morgan fingerprint density at radius 1 is 1.30 bits per heavy atom. The van der Waals surface area contributed by atoms with Crippen molar-refractivity contribution in [2.45, 2.75) is 27.2 Å². The van der Waals surface area contributed by atoms with Gasteiger partial charge in [-0.1, -0.05) is 6.92 Å². The van der Waals surface area contributed by atoms with E-state index in [2.05, 4.69) is 0 Å². The lowest BCUT2D eigenvalue weighted by molar-refractivity contribution is -0.141. The summed E-state index contributed by atoms with van der Waals surface area (Å²) >= 11 is 0. The van der Waals surface area contributed by atoms with Gasteiger partial charge in [0.1, 0.15) is 12.4 Å². The lowest BCUT2D eigenvalue weighted by Crippen LogP contribution is -2.32. The number of hydrogen-bond donors (Lipinski definition) is 0. The van der Waals surface area contributed by atoms with E-state index in [1.54, 1.807) is 17.9 Å². The van der Waals surface area contributed by atoms with Crippen LogP contribution >= 0.6 is 0 Å². The van der Waals surface area contributed by atoms with E-state index in [1.165, 1.54) is 19.1 Å². The van der Waals surface area contributed by atoms with Crippen LogP contribution in [0.3, 0.4) is 0 Å². The van der Waals surface area contributed by atoms with Gasteiger partial charge < -0.3 is 9.64 Å². The molecule has 0 spiro atoms. The molecule has 0 aliphatic heterocycles. The van der Waals surface area contributed by atoms with Crippen LogP contribution in [0.2, 0.25) is 0 Å². The van der Waals surface area contributed by atoms with Crippen LogP contribution in [0.5, 0.6) is 0 Å². The third-order valence-corrected chi connectivity index (χ3v) is 2.81. The number of rotatable bonds is 7. The van der Waals surface area contributed by atoms with Gasteiger partial charge in [-0.25, -0.2) is 4.39 Å². The van der Waals surface area contributed by atoms with Crippen LogP contribution in [0.15, 0.2) is 18.2 Å². The Morgan fingerprint density at radius 2 is 2.00 bits per heavy atom. The minimum atomic E-state index is -0.504. The summed E-state index contributed by atoms with van der Waals surface area (Å²) in [5.74, 6) is -1.09. The normalized spacial score (nSPS) is 10.2. The Balaban J connectivity index is 2.96. The molecule has 0 radical (unpaired) electrons. The van der Waals surface area contributed by atoms with Crippen molar-refractivity contribution in [1.29, 1.82) is 0 Å². The summed E-state index contributed by atoms with van der Waals surface area (Å²) in [7, 11) is 0. The highest BCUT2D eigenvalue weighted by molar-refractivity contribution is 5.94. The van der Waals surface area contributed by atoms with Crippen molar-refractivity contribution in [3.8, 4) is 0 Å². The fraction of sp³-hybridized carbons (Fsp3) is 0.467. The van der Waals surface area contributed by atoms with Crippen LogP contribution in [0.4, 0.5) is 10.1 Å². The van der Waals surface area contributed by atoms with E-state index >= 15 is 0 Å². The third-order valence-electron chi connectivity index (χ3n) is 2.81. The van der Waals surface area contributed by atoms with Crippen molar-refractivity contribution in [2.75, 3.05) is 24.6 Å². The molecule has 1 rings (SSSR count). The molecule has 20 heavy (non-hydrogen) atoms. The number of carbonyl (C=O) groups excluding carboxylic acids is 2. The van der Waals surface area contributed by atoms with Crippen molar-refractivity contribution in [1.82, 2.24) is 0 Å². The second-order valence-corrected chi connectivity index (χ2v) is 4.45. The molecule has 1 aromatic rings. The number of benzene rings is 1. The number of halogens is 1. The number of anilines is 1. The van der Waals surface area contributed by atoms with Gasteiger partial charge in [0.2, 0.25) is 0 Å². The third kappa shape index (κ3) is 4.33. The van der Waals surface area contributed by atoms with Crippen LogP contribution in [0.25, 0.3) is 0 Å². The topological polar surface area (TPSA) is 46.6 Å². The highest BCUT2D eigenvalue weighted by atomic mass is 19.1. The highest BCUT2D eigenvalue weighted by Crippen LogP contribution is 2.21. The molecule has 0 saturated heterocycles. The number of esters is 1. The number of nitrogens with zero attached hydrogens (tertiary/aromatic N) is 1. The molecule has 0 aliphatic rings. The van der Waals surface area contributed by atoms with E-state index in [4.69, 9.17) is 4.74 Å². The summed E-state index contributed by atoms with van der Waals surface area (Å²) in [6, 6.07) is 4.29. The molecule has 110 valence electrons. The van der Waals surface area contributed by atoms with Gasteiger partial charge in [0.15, 0.2) is 5.78 Å². The first-order chi connectivity index (χ1) is 9.49. The van der Waals surface area contributed by atoms with Gasteiger partial charge in [-0.2, -0.15) is 0 Å². The molecule has 0 heterocycles. The van der Waals surface area contributed by atoms with Gasteiger partial charge >= 0.3 is 5.97 Å². The Labute approximate surface area is 118 Å². The van der Waals surface area contributed by atoms with E-state index in [1.807, 2.05) is 6.92 Å². The Bertz CT molecular complexity index is 488. The summed E-state index contributed by atoms with van der Waals surface area (Å²) in [4.78, 5) is 24.4. The smallest absolute Gasteiger partial charge is 0.325 e. The quantitative estimate of drug-likeness (QED) is 0.569. The number of Topliss-reactive ketones (excluding diaryl/α,β-unsaturated/α-hetero) is 1. The lowest BCUT2D eigenvalue weighted by atomic mass is 10.1. The fourth-order valence-electron chi connectivity index (χ4n) is 1.90. The summed E-state index contributed by atoms with van der Waals surface area (Å²) in [5.41, 5.74) is 0.628. The zero-order chi connectivity index (χ0) is 15.1. The minimum Gasteiger partial charge on any atom is -0.465 e.